The van der Waals surface area contributed by atoms with Gasteiger partial charge in [0.15, 0.2) is 5.78 Å². The third-order valence-corrected chi connectivity index (χ3v) is 2.88. The summed E-state index contributed by atoms with van der Waals surface area (Å²) in [4.78, 5) is 22.3. The van der Waals surface area contributed by atoms with Gasteiger partial charge in [0.2, 0.25) is 5.91 Å². The van der Waals surface area contributed by atoms with Crippen LogP contribution in [0.3, 0.4) is 0 Å². The highest BCUT2D eigenvalue weighted by atomic mass is 32.1. The minimum absolute atomic E-state index is 0.00143. The number of allylic oxidation sites excluding steroid dienone is 1. The highest BCUT2D eigenvalue weighted by molar-refractivity contribution is 7.81. The summed E-state index contributed by atoms with van der Waals surface area (Å²) in [6.45, 7) is 3.87. The predicted molar refractivity (Wildman–Crippen MR) is 77.9 cm³/mol. The number of hydrogen-bond donors (Lipinski definition) is 2. The Labute approximate surface area is 115 Å². The Morgan fingerprint density at radius 2 is 2.06 bits per heavy atom. The number of carbonyl (C=O) groups is 2. The molecule has 0 fully saturated rings. The highest BCUT2D eigenvalue weighted by Crippen LogP contribution is 2.01. The maximum absolute atomic E-state index is 11.6. The van der Waals surface area contributed by atoms with Gasteiger partial charge in [-0.15, -0.1) is 5.73 Å². The summed E-state index contributed by atoms with van der Waals surface area (Å²) in [5.74, 6) is -0.144. The van der Waals surface area contributed by atoms with Gasteiger partial charge >= 0.3 is 0 Å². The van der Waals surface area contributed by atoms with Gasteiger partial charge < -0.3 is 5.32 Å². The average Bonchev–Trinajstić information content (AvgIpc) is 2.34. The Morgan fingerprint density at radius 1 is 1.33 bits per heavy atom. The molecule has 0 radical (unpaired) electrons. The van der Waals surface area contributed by atoms with Crippen molar-refractivity contribution < 1.29 is 9.59 Å². The van der Waals surface area contributed by atoms with E-state index in [1.54, 1.807) is 6.08 Å². The summed E-state index contributed by atoms with van der Waals surface area (Å²) < 4.78 is 0. The van der Waals surface area contributed by atoms with E-state index in [1.165, 1.54) is 26.2 Å². The third-order valence-electron chi connectivity index (χ3n) is 2.41. The van der Waals surface area contributed by atoms with E-state index in [0.717, 1.165) is 6.42 Å². The standard InChI is InChI=1S/C14H23NO2S/c1-3-4-5-6-7-8-9-10-13(17)14(18)11-15-12(2)16/h7,9,14,18H,3-6,10-11H2,1-2H3,(H,15,16)/t8?,14-/m1/s1. The molecule has 0 saturated heterocycles. The van der Waals surface area contributed by atoms with E-state index >= 15 is 0 Å². The molecule has 0 aromatic carbocycles. The first-order chi connectivity index (χ1) is 8.57. The average molecular weight is 269 g/mol. The lowest BCUT2D eigenvalue weighted by molar-refractivity contribution is -0.119. The molecule has 0 aromatic rings. The van der Waals surface area contributed by atoms with Gasteiger partial charge in [-0.25, -0.2) is 0 Å². The van der Waals surface area contributed by atoms with Crippen LogP contribution >= 0.6 is 12.6 Å². The van der Waals surface area contributed by atoms with Crippen LogP contribution in [0.25, 0.3) is 0 Å². The van der Waals surface area contributed by atoms with Crippen molar-refractivity contribution in [3.8, 4) is 0 Å². The summed E-state index contributed by atoms with van der Waals surface area (Å²) in [7, 11) is 0. The molecule has 0 aromatic heterocycles. The van der Waals surface area contributed by atoms with Crippen LogP contribution < -0.4 is 5.32 Å². The van der Waals surface area contributed by atoms with Crippen molar-refractivity contribution in [2.24, 2.45) is 0 Å². The number of unbranched alkanes of at least 4 members (excludes halogenated alkanes) is 3. The van der Waals surface area contributed by atoms with E-state index in [-0.39, 0.29) is 18.2 Å². The topological polar surface area (TPSA) is 46.2 Å². The van der Waals surface area contributed by atoms with Gasteiger partial charge in [0.25, 0.3) is 0 Å². The lowest BCUT2D eigenvalue weighted by Crippen LogP contribution is -2.31. The SMILES string of the molecule is CCCCCC=C=CCC(=O)[C@H](S)CNC(C)=O. The molecule has 1 atom stereocenters. The van der Waals surface area contributed by atoms with Crippen molar-refractivity contribution in [1.29, 1.82) is 0 Å². The number of Topliss-reactive ketones (excluding diaryl/α,β-unsaturated/α-hetero) is 1. The molecule has 18 heavy (non-hydrogen) atoms. The van der Waals surface area contributed by atoms with E-state index in [1.807, 2.05) is 6.08 Å². The van der Waals surface area contributed by atoms with Crippen LogP contribution in [0.15, 0.2) is 17.9 Å². The molecule has 0 saturated carbocycles. The Bertz CT molecular complexity index is 320. The Morgan fingerprint density at radius 3 is 2.67 bits per heavy atom. The minimum Gasteiger partial charge on any atom is -0.355 e. The molecule has 1 N–H and O–H groups in total. The van der Waals surface area contributed by atoms with Crippen molar-refractivity contribution in [2.75, 3.05) is 6.54 Å². The van der Waals surface area contributed by atoms with E-state index in [0.29, 0.717) is 6.42 Å². The normalized spacial score (nSPS) is 11.3. The number of hydrogen-bond acceptors (Lipinski definition) is 3. The number of carbonyl (C=O) groups excluding carboxylic acids is 2. The Hall–Kier alpha value is -0.990. The molecule has 0 unspecified atom stereocenters. The van der Waals surface area contributed by atoms with Crippen LogP contribution in [-0.2, 0) is 9.59 Å². The molecular formula is C14H23NO2S. The molecule has 0 aliphatic heterocycles. The van der Waals surface area contributed by atoms with Crippen molar-refractivity contribution >= 4 is 24.3 Å². The van der Waals surface area contributed by atoms with Crippen molar-refractivity contribution in [1.82, 2.24) is 5.32 Å². The lowest BCUT2D eigenvalue weighted by Gasteiger charge is -2.07. The molecule has 1 amide bonds. The molecule has 4 heteroatoms. The van der Waals surface area contributed by atoms with Crippen LogP contribution in [0.5, 0.6) is 0 Å². The maximum Gasteiger partial charge on any atom is 0.216 e. The summed E-state index contributed by atoms with van der Waals surface area (Å²) in [5, 5.41) is 2.13. The largest absolute Gasteiger partial charge is 0.355 e. The van der Waals surface area contributed by atoms with Gasteiger partial charge in [0, 0.05) is 19.9 Å². The molecular weight excluding hydrogens is 246 g/mol. The van der Waals surface area contributed by atoms with Crippen LogP contribution in [0.1, 0.15) is 46.0 Å². The van der Waals surface area contributed by atoms with Gasteiger partial charge in [0.05, 0.1) is 5.25 Å². The van der Waals surface area contributed by atoms with Gasteiger partial charge in [-0.2, -0.15) is 12.6 Å². The van der Waals surface area contributed by atoms with Gasteiger partial charge in [-0.3, -0.25) is 9.59 Å². The van der Waals surface area contributed by atoms with Crippen molar-refractivity contribution in [3.63, 3.8) is 0 Å². The monoisotopic (exact) mass is 269 g/mol. The molecule has 3 nitrogen and oxygen atoms in total. The lowest BCUT2D eigenvalue weighted by atomic mass is 10.2. The predicted octanol–water partition coefficient (Wildman–Crippen LogP) is 2.67. The number of thiol groups is 1. The Kier molecular flexibility index (Phi) is 10.5. The van der Waals surface area contributed by atoms with Gasteiger partial charge in [-0.1, -0.05) is 19.8 Å². The minimum atomic E-state index is -0.438. The van der Waals surface area contributed by atoms with Crippen LogP contribution in [-0.4, -0.2) is 23.5 Å². The van der Waals surface area contributed by atoms with Crippen LogP contribution in [0, 0.1) is 0 Å². The fourth-order valence-electron chi connectivity index (χ4n) is 1.31. The van der Waals surface area contributed by atoms with Crippen molar-refractivity contribution in [3.05, 3.63) is 17.9 Å². The first-order valence-corrected chi connectivity index (χ1v) is 6.94. The molecule has 0 bridgehead atoms. The van der Waals surface area contributed by atoms with E-state index < -0.39 is 5.25 Å². The number of rotatable bonds is 9. The summed E-state index contributed by atoms with van der Waals surface area (Å²) in [6, 6.07) is 0. The van der Waals surface area contributed by atoms with Crippen molar-refractivity contribution in [2.45, 2.75) is 51.2 Å². The zero-order chi connectivity index (χ0) is 13.8. The summed E-state index contributed by atoms with van der Waals surface area (Å²) in [5.41, 5.74) is 3.00. The zero-order valence-electron chi connectivity index (χ0n) is 11.2. The second kappa shape index (κ2) is 11.1. The molecule has 0 aliphatic carbocycles. The number of ketones is 1. The summed E-state index contributed by atoms with van der Waals surface area (Å²) >= 11 is 4.15. The molecule has 102 valence electrons. The number of nitrogens with one attached hydrogen (secondary N) is 1. The maximum atomic E-state index is 11.6. The second-order valence-corrected chi connectivity index (χ2v) is 4.82. The highest BCUT2D eigenvalue weighted by Gasteiger charge is 2.12. The molecule has 0 aliphatic rings. The molecule has 0 rings (SSSR count). The van der Waals surface area contributed by atoms with E-state index in [4.69, 9.17) is 0 Å². The zero-order valence-corrected chi connectivity index (χ0v) is 12.1. The Balaban J connectivity index is 3.80. The van der Waals surface area contributed by atoms with Gasteiger partial charge in [-0.05, 0) is 25.0 Å². The molecule has 0 heterocycles. The van der Waals surface area contributed by atoms with Crippen LogP contribution in [0.2, 0.25) is 0 Å². The summed E-state index contributed by atoms with van der Waals surface area (Å²) in [6.07, 6.45) is 8.62. The van der Waals surface area contributed by atoms with Gasteiger partial charge in [0.1, 0.15) is 0 Å². The van der Waals surface area contributed by atoms with Crippen LogP contribution in [0.4, 0.5) is 0 Å². The fourth-order valence-corrected chi connectivity index (χ4v) is 1.51. The molecule has 0 spiro atoms. The second-order valence-electron chi connectivity index (χ2n) is 4.19. The quantitative estimate of drug-likeness (QED) is 0.384. The van der Waals surface area contributed by atoms with E-state index in [2.05, 4.69) is 30.6 Å². The first-order valence-electron chi connectivity index (χ1n) is 6.42. The smallest absolute Gasteiger partial charge is 0.216 e. The first kappa shape index (κ1) is 17.0. The van der Waals surface area contributed by atoms with E-state index in [9.17, 15) is 9.59 Å². The fraction of sp³-hybridized carbons (Fsp3) is 0.643. The number of amides is 1. The third kappa shape index (κ3) is 10.2.